The zero-order chi connectivity index (χ0) is 8.65. The molecule has 0 amide bonds. The van der Waals surface area contributed by atoms with Crippen LogP contribution < -0.4 is 0 Å². The third-order valence-corrected chi connectivity index (χ3v) is 2.11. The van der Waals surface area contributed by atoms with Gasteiger partial charge in [0.05, 0.1) is 0 Å². The van der Waals surface area contributed by atoms with E-state index in [1.807, 2.05) is 20.8 Å². The first-order chi connectivity index (χ1) is 4.93. The first-order valence-corrected chi connectivity index (χ1v) is 3.87. The maximum Gasteiger partial charge on any atom is 0.216 e. The predicted molar refractivity (Wildman–Crippen MR) is 43.6 cm³/mol. The van der Waals surface area contributed by atoms with Gasteiger partial charge in [0.15, 0.2) is 5.78 Å². The summed E-state index contributed by atoms with van der Waals surface area (Å²) in [5, 5.41) is 0. The quantitative estimate of drug-likeness (QED) is 0.382. The van der Waals surface area contributed by atoms with E-state index in [1.54, 1.807) is 0 Å². The molecule has 1 saturated heterocycles. The van der Waals surface area contributed by atoms with Crippen LogP contribution in [0.25, 0.3) is 0 Å². The van der Waals surface area contributed by atoms with Gasteiger partial charge in [0.1, 0.15) is 5.68 Å². The van der Waals surface area contributed by atoms with Crippen molar-refractivity contribution in [2.75, 3.05) is 0 Å². The zero-order valence-electron chi connectivity index (χ0n) is 7.18. The van der Waals surface area contributed by atoms with E-state index in [9.17, 15) is 9.59 Å². The van der Waals surface area contributed by atoms with Crippen LogP contribution in [0.1, 0.15) is 27.2 Å². The molecule has 0 aromatic carbocycles. The van der Waals surface area contributed by atoms with E-state index >= 15 is 0 Å². The molecule has 0 spiro atoms. The highest BCUT2D eigenvalue weighted by molar-refractivity contribution is 6.90. The molecule has 1 fully saturated rings. The van der Waals surface area contributed by atoms with Gasteiger partial charge in [-0.3, -0.25) is 4.79 Å². The van der Waals surface area contributed by atoms with Crippen molar-refractivity contribution in [1.29, 1.82) is 0 Å². The fraction of sp³-hybridized carbons (Fsp3) is 0.750. The van der Waals surface area contributed by atoms with Crippen molar-refractivity contribution < 1.29 is 9.59 Å². The Balaban J connectivity index is 2.84. The largest absolute Gasteiger partial charge is 0.303 e. The molecule has 0 N–H and O–H groups in total. The Kier molecular flexibility index (Phi) is 1.91. The molecule has 0 saturated carbocycles. The highest BCUT2D eigenvalue weighted by atomic mass is 16.2. The lowest BCUT2D eigenvalue weighted by Crippen LogP contribution is -2.41. The molecule has 1 atom stereocenters. The molecule has 11 heavy (non-hydrogen) atoms. The highest BCUT2D eigenvalue weighted by Gasteiger charge is 2.39. The SMILES string of the molecule is CC1[B]C(=O)C(=O)C(C)(C)C1. The van der Waals surface area contributed by atoms with Gasteiger partial charge in [-0.1, -0.05) is 26.6 Å². The number of ketones is 1. The van der Waals surface area contributed by atoms with Crippen molar-refractivity contribution in [3.8, 4) is 0 Å². The minimum Gasteiger partial charge on any atom is -0.303 e. The summed E-state index contributed by atoms with van der Waals surface area (Å²) < 4.78 is 0. The van der Waals surface area contributed by atoms with Crippen LogP contribution in [0.3, 0.4) is 0 Å². The van der Waals surface area contributed by atoms with E-state index in [4.69, 9.17) is 0 Å². The molecule has 0 aliphatic carbocycles. The Morgan fingerprint density at radius 1 is 1.45 bits per heavy atom. The minimum absolute atomic E-state index is 0.240. The van der Waals surface area contributed by atoms with Gasteiger partial charge in [-0.25, -0.2) is 0 Å². The zero-order valence-corrected chi connectivity index (χ0v) is 7.18. The van der Waals surface area contributed by atoms with E-state index in [0.717, 1.165) is 6.42 Å². The Morgan fingerprint density at radius 3 is 2.45 bits per heavy atom. The highest BCUT2D eigenvalue weighted by Crippen LogP contribution is 2.33. The number of carbonyl (C=O) groups excluding carboxylic acids is 2. The van der Waals surface area contributed by atoms with Crippen molar-refractivity contribution in [2.24, 2.45) is 5.41 Å². The maximum atomic E-state index is 11.2. The van der Waals surface area contributed by atoms with Gasteiger partial charge in [0, 0.05) is 5.41 Å². The number of Topliss-reactive ketones (excluding diaryl/α,β-unsaturated/α-hetero) is 1. The van der Waals surface area contributed by atoms with Crippen LogP contribution in [0.2, 0.25) is 5.82 Å². The molecule has 59 valence electrons. The van der Waals surface area contributed by atoms with Crippen molar-refractivity contribution in [2.45, 2.75) is 33.0 Å². The van der Waals surface area contributed by atoms with Gasteiger partial charge >= 0.3 is 0 Å². The van der Waals surface area contributed by atoms with Crippen molar-refractivity contribution >= 4 is 18.7 Å². The summed E-state index contributed by atoms with van der Waals surface area (Å²) >= 11 is 0. The van der Waals surface area contributed by atoms with Gasteiger partial charge in [-0.05, 0) is 6.42 Å². The van der Waals surface area contributed by atoms with Gasteiger partial charge in [0.2, 0.25) is 7.28 Å². The predicted octanol–water partition coefficient (Wildman–Crippen LogP) is 1.02. The van der Waals surface area contributed by atoms with E-state index in [0.29, 0.717) is 0 Å². The summed E-state index contributed by atoms with van der Waals surface area (Å²) in [6.07, 6.45) is 0.789. The van der Waals surface area contributed by atoms with Crippen LogP contribution in [-0.4, -0.2) is 18.7 Å². The summed E-state index contributed by atoms with van der Waals surface area (Å²) in [6, 6.07) is 0. The van der Waals surface area contributed by atoms with Crippen LogP contribution in [0.15, 0.2) is 0 Å². The number of hydrogen-bond acceptors (Lipinski definition) is 2. The first kappa shape index (κ1) is 8.50. The van der Waals surface area contributed by atoms with Gasteiger partial charge in [0.25, 0.3) is 0 Å². The molecular formula is C8H12BO2. The fourth-order valence-corrected chi connectivity index (χ4v) is 1.62. The monoisotopic (exact) mass is 151 g/mol. The molecule has 0 aromatic heterocycles. The molecule has 1 heterocycles. The second kappa shape index (κ2) is 2.47. The Bertz CT molecular complexity index is 208. The Morgan fingerprint density at radius 2 is 2.00 bits per heavy atom. The van der Waals surface area contributed by atoms with E-state index in [1.165, 1.54) is 7.28 Å². The normalized spacial score (nSPS) is 29.9. The summed E-state index contributed by atoms with van der Waals surface area (Å²) in [5.74, 6) is 0.00537. The van der Waals surface area contributed by atoms with Gasteiger partial charge < -0.3 is 4.79 Å². The topological polar surface area (TPSA) is 34.1 Å². The maximum absolute atomic E-state index is 11.2. The molecule has 1 aliphatic heterocycles. The standard InChI is InChI=1S/C8H12BO2/c1-5-4-8(2,3)6(10)7(11)9-5/h5H,4H2,1-3H3. The number of hydrogen-bond donors (Lipinski definition) is 0. The van der Waals surface area contributed by atoms with Crippen LogP contribution >= 0.6 is 0 Å². The lowest BCUT2D eigenvalue weighted by atomic mass is 9.49. The second-order valence-corrected chi connectivity index (χ2v) is 3.93. The number of carbonyl (C=O) groups is 2. The third-order valence-electron chi connectivity index (χ3n) is 2.11. The molecule has 1 rings (SSSR count). The summed E-state index contributed by atoms with van der Waals surface area (Å²) in [7, 11) is 1.52. The molecule has 1 unspecified atom stereocenters. The second-order valence-electron chi connectivity index (χ2n) is 3.93. The summed E-state index contributed by atoms with van der Waals surface area (Å²) in [4.78, 5) is 22.2. The number of rotatable bonds is 0. The third kappa shape index (κ3) is 1.52. The van der Waals surface area contributed by atoms with Crippen molar-refractivity contribution in [1.82, 2.24) is 0 Å². The van der Waals surface area contributed by atoms with Crippen molar-refractivity contribution in [3.05, 3.63) is 0 Å². The Hall–Kier alpha value is -0.595. The van der Waals surface area contributed by atoms with E-state index < -0.39 is 5.41 Å². The summed E-state index contributed by atoms with van der Waals surface area (Å²) in [5.41, 5.74) is -0.751. The van der Waals surface area contributed by atoms with Crippen LogP contribution in [0.4, 0.5) is 0 Å². The molecule has 0 bridgehead atoms. The van der Waals surface area contributed by atoms with Crippen LogP contribution in [-0.2, 0) is 9.59 Å². The average molecular weight is 151 g/mol. The van der Waals surface area contributed by atoms with Gasteiger partial charge in [-0.2, -0.15) is 0 Å². The smallest absolute Gasteiger partial charge is 0.216 e. The molecular weight excluding hydrogens is 139 g/mol. The average Bonchev–Trinajstić information content (AvgIpc) is 1.81. The fourth-order valence-electron chi connectivity index (χ4n) is 1.62. The Labute approximate surface area is 67.6 Å². The lowest BCUT2D eigenvalue weighted by molar-refractivity contribution is -0.139. The van der Waals surface area contributed by atoms with Crippen LogP contribution in [0.5, 0.6) is 0 Å². The van der Waals surface area contributed by atoms with Crippen LogP contribution in [0, 0.1) is 5.41 Å². The molecule has 2 nitrogen and oxygen atoms in total. The minimum atomic E-state index is -0.439. The molecule has 3 heteroatoms. The van der Waals surface area contributed by atoms with E-state index in [2.05, 4.69) is 0 Å². The lowest BCUT2D eigenvalue weighted by Gasteiger charge is -2.30. The van der Waals surface area contributed by atoms with Gasteiger partial charge in [-0.15, -0.1) is 0 Å². The first-order valence-electron chi connectivity index (χ1n) is 3.87. The molecule has 1 aliphatic rings. The molecule has 1 radical (unpaired) electrons. The summed E-state index contributed by atoms with van der Waals surface area (Å²) in [6.45, 7) is 5.62. The van der Waals surface area contributed by atoms with E-state index in [-0.39, 0.29) is 17.3 Å². The van der Waals surface area contributed by atoms with Crippen molar-refractivity contribution in [3.63, 3.8) is 0 Å². The molecule has 0 aromatic rings.